The van der Waals surface area contributed by atoms with Crippen LogP contribution in [0.4, 0.5) is 8.78 Å². The average molecular weight is 381 g/mol. The molecule has 26 heavy (non-hydrogen) atoms. The summed E-state index contributed by atoms with van der Waals surface area (Å²) in [5.74, 6) is -2.82. The highest BCUT2D eigenvalue weighted by molar-refractivity contribution is 7.91. The van der Waals surface area contributed by atoms with E-state index >= 15 is 0 Å². The number of amides is 1. The molecular formula is C19H21F2NO3S. The van der Waals surface area contributed by atoms with Gasteiger partial charge in [0.1, 0.15) is 11.6 Å². The summed E-state index contributed by atoms with van der Waals surface area (Å²) in [6.45, 7) is 5.87. The maximum Gasteiger partial charge on any atom is 0.254 e. The summed E-state index contributed by atoms with van der Waals surface area (Å²) < 4.78 is 51.3. The normalized spacial score (nSPS) is 12.0. The van der Waals surface area contributed by atoms with Gasteiger partial charge in [0.05, 0.1) is 16.2 Å². The second-order valence-electron chi connectivity index (χ2n) is 6.97. The van der Waals surface area contributed by atoms with Crippen LogP contribution < -0.4 is 5.32 Å². The Bertz CT molecular complexity index is 901. The van der Waals surface area contributed by atoms with E-state index in [1.165, 1.54) is 12.1 Å². The summed E-state index contributed by atoms with van der Waals surface area (Å²) in [5.41, 5.74) is 0.453. The molecule has 4 nitrogen and oxygen atoms in total. The van der Waals surface area contributed by atoms with E-state index in [-0.39, 0.29) is 22.6 Å². The zero-order valence-electron chi connectivity index (χ0n) is 14.8. The Kier molecular flexibility index (Phi) is 5.81. The van der Waals surface area contributed by atoms with Crippen LogP contribution in [0.25, 0.3) is 0 Å². The monoisotopic (exact) mass is 381 g/mol. The van der Waals surface area contributed by atoms with E-state index in [2.05, 4.69) is 5.32 Å². The lowest BCUT2D eigenvalue weighted by atomic mass is 9.87. The molecule has 2 aromatic rings. The largest absolute Gasteiger partial charge is 0.351 e. The third kappa shape index (κ3) is 4.88. The topological polar surface area (TPSA) is 63.2 Å². The molecule has 2 aromatic carbocycles. The van der Waals surface area contributed by atoms with Crippen molar-refractivity contribution >= 4 is 15.7 Å². The quantitative estimate of drug-likeness (QED) is 0.863. The molecule has 2 rings (SSSR count). The first-order valence-corrected chi connectivity index (χ1v) is 9.72. The summed E-state index contributed by atoms with van der Waals surface area (Å²) >= 11 is 0. The summed E-state index contributed by atoms with van der Waals surface area (Å²) in [7, 11) is -3.60. The fourth-order valence-corrected chi connectivity index (χ4v) is 3.50. The summed E-state index contributed by atoms with van der Waals surface area (Å²) in [4.78, 5) is 12.0. The number of carbonyl (C=O) groups excluding carboxylic acids is 1. The Morgan fingerprint density at radius 2 is 1.65 bits per heavy atom. The zero-order valence-corrected chi connectivity index (χ0v) is 15.7. The van der Waals surface area contributed by atoms with Crippen LogP contribution >= 0.6 is 0 Å². The smallest absolute Gasteiger partial charge is 0.254 e. The van der Waals surface area contributed by atoms with Crippen molar-refractivity contribution in [2.24, 2.45) is 0 Å². The van der Waals surface area contributed by atoms with E-state index in [0.29, 0.717) is 0 Å². The van der Waals surface area contributed by atoms with Crippen LogP contribution in [0.1, 0.15) is 36.7 Å². The van der Waals surface area contributed by atoms with Crippen molar-refractivity contribution in [3.05, 3.63) is 65.2 Å². The molecule has 0 radical (unpaired) electrons. The minimum absolute atomic E-state index is 0.0920. The predicted molar refractivity (Wildman–Crippen MR) is 95.9 cm³/mol. The van der Waals surface area contributed by atoms with Gasteiger partial charge in [-0.1, -0.05) is 32.9 Å². The molecule has 0 saturated heterocycles. The molecule has 140 valence electrons. The van der Waals surface area contributed by atoms with Crippen molar-refractivity contribution in [2.75, 3.05) is 12.3 Å². The molecule has 0 unspecified atom stereocenters. The Morgan fingerprint density at radius 3 is 2.23 bits per heavy atom. The fraction of sp³-hybridized carbons (Fsp3) is 0.316. The highest BCUT2D eigenvalue weighted by atomic mass is 32.2. The van der Waals surface area contributed by atoms with Gasteiger partial charge in [-0.2, -0.15) is 0 Å². The molecule has 0 aliphatic carbocycles. The molecule has 1 N–H and O–H groups in total. The minimum atomic E-state index is -3.60. The maximum absolute atomic E-state index is 13.5. The van der Waals surface area contributed by atoms with E-state index < -0.39 is 32.9 Å². The highest BCUT2D eigenvalue weighted by Gasteiger charge is 2.19. The number of nitrogens with one attached hydrogen (secondary N) is 1. The standard InChI is InChI=1S/C19H21F2NO3S/c1-19(2,3)13-4-7-15(8-5-13)26(24,25)11-10-22-18(23)16-12-14(20)6-9-17(16)21/h4-9,12H,10-11H2,1-3H3,(H,22,23). The van der Waals surface area contributed by atoms with Crippen LogP contribution in [0.2, 0.25) is 0 Å². The third-order valence-corrected chi connectivity index (χ3v) is 5.64. The molecule has 0 fully saturated rings. The van der Waals surface area contributed by atoms with Gasteiger partial charge >= 0.3 is 0 Å². The van der Waals surface area contributed by atoms with Gasteiger partial charge < -0.3 is 5.32 Å². The Hall–Kier alpha value is -2.28. The van der Waals surface area contributed by atoms with Gasteiger partial charge in [-0.05, 0) is 41.3 Å². The number of carbonyl (C=O) groups is 1. The van der Waals surface area contributed by atoms with Crippen LogP contribution in [0.5, 0.6) is 0 Å². The van der Waals surface area contributed by atoms with Crippen molar-refractivity contribution in [1.82, 2.24) is 5.32 Å². The van der Waals surface area contributed by atoms with Gasteiger partial charge in [0, 0.05) is 6.54 Å². The first-order valence-electron chi connectivity index (χ1n) is 8.07. The van der Waals surface area contributed by atoms with E-state index in [1.807, 2.05) is 20.8 Å². The molecule has 0 aliphatic heterocycles. The van der Waals surface area contributed by atoms with Crippen LogP contribution in [-0.4, -0.2) is 26.6 Å². The van der Waals surface area contributed by atoms with Gasteiger partial charge in [0.15, 0.2) is 9.84 Å². The molecule has 7 heteroatoms. The van der Waals surface area contributed by atoms with Crippen molar-refractivity contribution in [2.45, 2.75) is 31.1 Å². The van der Waals surface area contributed by atoms with Gasteiger partial charge in [0.25, 0.3) is 5.91 Å². The van der Waals surface area contributed by atoms with Gasteiger partial charge in [-0.25, -0.2) is 17.2 Å². The van der Waals surface area contributed by atoms with Crippen molar-refractivity contribution in [3.8, 4) is 0 Å². The molecule has 0 aliphatic rings. The number of sulfone groups is 1. The number of hydrogen-bond acceptors (Lipinski definition) is 3. The van der Waals surface area contributed by atoms with Crippen LogP contribution in [-0.2, 0) is 15.3 Å². The van der Waals surface area contributed by atoms with Crippen molar-refractivity contribution in [3.63, 3.8) is 0 Å². The molecule has 1 amide bonds. The first kappa shape index (κ1) is 20.0. The van der Waals surface area contributed by atoms with Gasteiger partial charge in [-0.15, -0.1) is 0 Å². The lowest BCUT2D eigenvalue weighted by molar-refractivity contribution is 0.0951. The lowest BCUT2D eigenvalue weighted by Gasteiger charge is -2.19. The van der Waals surface area contributed by atoms with Gasteiger partial charge in [0.2, 0.25) is 0 Å². The molecular weight excluding hydrogens is 360 g/mol. The highest BCUT2D eigenvalue weighted by Crippen LogP contribution is 2.23. The summed E-state index contributed by atoms with van der Waals surface area (Å²) in [5, 5.41) is 2.30. The molecule has 0 spiro atoms. The summed E-state index contributed by atoms with van der Waals surface area (Å²) in [6.07, 6.45) is 0. The number of halogens is 2. The average Bonchev–Trinajstić information content (AvgIpc) is 2.56. The van der Waals surface area contributed by atoms with Crippen LogP contribution in [0.15, 0.2) is 47.4 Å². The fourth-order valence-electron chi connectivity index (χ4n) is 2.35. The van der Waals surface area contributed by atoms with Crippen molar-refractivity contribution in [1.29, 1.82) is 0 Å². The first-order chi connectivity index (χ1) is 12.0. The third-order valence-electron chi connectivity index (χ3n) is 3.91. The molecule has 0 heterocycles. The van der Waals surface area contributed by atoms with E-state index in [4.69, 9.17) is 0 Å². The van der Waals surface area contributed by atoms with E-state index in [0.717, 1.165) is 23.8 Å². The van der Waals surface area contributed by atoms with Crippen LogP contribution in [0.3, 0.4) is 0 Å². The number of benzene rings is 2. The SMILES string of the molecule is CC(C)(C)c1ccc(S(=O)(=O)CCNC(=O)c2cc(F)ccc2F)cc1. The Morgan fingerprint density at radius 1 is 1.04 bits per heavy atom. The van der Waals surface area contributed by atoms with Crippen molar-refractivity contribution < 1.29 is 22.0 Å². The van der Waals surface area contributed by atoms with E-state index in [9.17, 15) is 22.0 Å². The number of rotatable bonds is 5. The predicted octanol–water partition coefficient (Wildman–Crippen LogP) is 3.47. The lowest BCUT2D eigenvalue weighted by Crippen LogP contribution is -2.29. The van der Waals surface area contributed by atoms with E-state index in [1.54, 1.807) is 12.1 Å². The molecule has 0 saturated carbocycles. The molecule has 0 bridgehead atoms. The Labute approximate surface area is 152 Å². The zero-order chi connectivity index (χ0) is 19.5. The minimum Gasteiger partial charge on any atom is -0.351 e. The number of hydrogen-bond donors (Lipinski definition) is 1. The second-order valence-corrected chi connectivity index (χ2v) is 9.08. The van der Waals surface area contributed by atoms with Gasteiger partial charge in [-0.3, -0.25) is 4.79 Å². The summed E-state index contributed by atoms with van der Waals surface area (Å²) in [6, 6.07) is 9.09. The van der Waals surface area contributed by atoms with Crippen LogP contribution in [0, 0.1) is 11.6 Å². The molecule has 0 atom stereocenters. The molecule has 0 aromatic heterocycles. The Balaban J connectivity index is 2.02. The second kappa shape index (κ2) is 7.53. The maximum atomic E-state index is 13.5.